The fraction of sp³-hybridized carbons (Fsp3) is 0.375. The highest BCUT2D eigenvalue weighted by molar-refractivity contribution is 7.92. The van der Waals surface area contributed by atoms with Crippen LogP contribution in [0.2, 0.25) is 15.1 Å². The SMILES string of the molecule is CCCCNC(=O)C(Cc1ccccc1)N(Cc1ccc(Cl)c(Cl)c1)C(=O)CCCN(c1cccc(Cl)c1C)S(C)(=O)=O. The van der Waals surface area contributed by atoms with Gasteiger partial charge >= 0.3 is 0 Å². The van der Waals surface area contributed by atoms with Crippen molar-refractivity contribution in [2.75, 3.05) is 23.7 Å². The van der Waals surface area contributed by atoms with Gasteiger partial charge in [-0.25, -0.2) is 8.42 Å². The highest BCUT2D eigenvalue weighted by Gasteiger charge is 2.30. The Kier molecular flexibility index (Phi) is 13.2. The lowest BCUT2D eigenvalue weighted by molar-refractivity contribution is -0.141. The Balaban J connectivity index is 1.91. The van der Waals surface area contributed by atoms with Gasteiger partial charge in [0, 0.05) is 37.5 Å². The molecule has 3 aromatic rings. The zero-order valence-electron chi connectivity index (χ0n) is 24.7. The largest absolute Gasteiger partial charge is 0.354 e. The summed E-state index contributed by atoms with van der Waals surface area (Å²) in [5.41, 5.74) is 2.72. The van der Waals surface area contributed by atoms with E-state index in [-0.39, 0.29) is 37.7 Å². The topological polar surface area (TPSA) is 86.8 Å². The second-order valence-corrected chi connectivity index (χ2v) is 13.6. The molecule has 7 nitrogen and oxygen atoms in total. The second-order valence-electron chi connectivity index (χ2n) is 10.4. The quantitative estimate of drug-likeness (QED) is 0.176. The van der Waals surface area contributed by atoms with Gasteiger partial charge in [-0.2, -0.15) is 0 Å². The van der Waals surface area contributed by atoms with Gasteiger partial charge in [0.2, 0.25) is 21.8 Å². The second kappa shape index (κ2) is 16.3. The average Bonchev–Trinajstić information content (AvgIpc) is 2.96. The Morgan fingerprint density at radius 1 is 0.884 bits per heavy atom. The van der Waals surface area contributed by atoms with Crippen molar-refractivity contribution in [2.45, 2.75) is 58.5 Å². The molecule has 0 aliphatic heterocycles. The monoisotopic (exact) mass is 665 g/mol. The van der Waals surface area contributed by atoms with Crippen LogP contribution in [0.25, 0.3) is 0 Å². The average molecular weight is 667 g/mol. The maximum absolute atomic E-state index is 14.0. The van der Waals surface area contributed by atoms with Gasteiger partial charge in [-0.15, -0.1) is 0 Å². The lowest BCUT2D eigenvalue weighted by Crippen LogP contribution is -2.50. The number of sulfonamides is 1. The van der Waals surface area contributed by atoms with Gasteiger partial charge in [0.1, 0.15) is 6.04 Å². The molecule has 0 aliphatic carbocycles. The molecule has 1 unspecified atom stereocenters. The minimum Gasteiger partial charge on any atom is -0.354 e. The van der Waals surface area contributed by atoms with E-state index < -0.39 is 16.1 Å². The van der Waals surface area contributed by atoms with Crippen LogP contribution in [0.1, 0.15) is 49.3 Å². The lowest BCUT2D eigenvalue weighted by atomic mass is 10.0. The zero-order chi connectivity index (χ0) is 31.6. The summed E-state index contributed by atoms with van der Waals surface area (Å²) < 4.78 is 26.8. The minimum atomic E-state index is -3.66. The molecule has 0 saturated heterocycles. The van der Waals surface area contributed by atoms with Crippen molar-refractivity contribution in [2.24, 2.45) is 0 Å². The van der Waals surface area contributed by atoms with Gasteiger partial charge in [0.25, 0.3) is 0 Å². The number of anilines is 1. The molecule has 1 N–H and O–H groups in total. The van der Waals surface area contributed by atoms with E-state index in [4.69, 9.17) is 34.8 Å². The van der Waals surface area contributed by atoms with E-state index in [0.717, 1.165) is 30.2 Å². The van der Waals surface area contributed by atoms with Gasteiger partial charge < -0.3 is 10.2 Å². The van der Waals surface area contributed by atoms with Crippen molar-refractivity contribution in [3.8, 4) is 0 Å². The molecule has 43 heavy (non-hydrogen) atoms. The van der Waals surface area contributed by atoms with Crippen LogP contribution in [-0.4, -0.2) is 50.5 Å². The molecule has 3 rings (SSSR count). The normalized spacial score (nSPS) is 12.0. The van der Waals surface area contributed by atoms with Crippen LogP contribution >= 0.6 is 34.8 Å². The molecule has 11 heteroatoms. The number of amides is 2. The Morgan fingerprint density at radius 3 is 2.26 bits per heavy atom. The predicted molar refractivity (Wildman–Crippen MR) is 176 cm³/mol. The minimum absolute atomic E-state index is 0.0144. The van der Waals surface area contributed by atoms with Crippen LogP contribution in [0.4, 0.5) is 5.69 Å². The van der Waals surface area contributed by atoms with Crippen molar-refractivity contribution >= 4 is 62.3 Å². The summed E-state index contributed by atoms with van der Waals surface area (Å²) in [6.07, 6.45) is 3.41. The van der Waals surface area contributed by atoms with E-state index >= 15 is 0 Å². The number of hydrogen-bond acceptors (Lipinski definition) is 4. The third-order valence-corrected chi connectivity index (χ3v) is 9.43. The summed E-state index contributed by atoms with van der Waals surface area (Å²) in [6.45, 7) is 4.48. The van der Waals surface area contributed by atoms with Crippen molar-refractivity contribution in [3.63, 3.8) is 0 Å². The number of nitrogens with one attached hydrogen (secondary N) is 1. The highest BCUT2D eigenvalue weighted by atomic mass is 35.5. The molecule has 3 aromatic carbocycles. The molecule has 2 amide bonds. The van der Waals surface area contributed by atoms with Crippen LogP contribution in [0.5, 0.6) is 0 Å². The van der Waals surface area contributed by atoms with Gasteiger partial charge in [-0.1, -0.05) is 90.6 Å². The molecule has 0 fully saturated rings. The Morgan fingerprint density at radius 2 is 1.60 bits per heavy atom. The molecular formula is C32H38Cl3N3O4S. The van der Waals surface area contributed by atoms with Crippen LogP contribution in [0, 0.1) is 6.92 Å². The van der Waals surface area contributed by atoms with E-state index in [9.17, 15) is 18.0 Å². The third kappa shape index (κ3) is 10.1. The predicted octanol–water partition coefficient (Wildman–Crippen LogP) is 7.06. The first-order chi connectivity index (χ1) is 20.4. The smallest absolute Gasteiger partial charge is 0.243 e. The molecule has 232 valence electrons. The Hall–Kier alpha value is -2.78. The van der Waals surface area contributed by atoms with E-state index in [1.807, 2.05) is 37.3 Å². The summed E-state index contributed by atoms with van der Waals surface area (Å²) in [6, 6.07) is 18.9. The number of carbonyl (C=O) groups is 2. The molecule has 0 bridgehead atoms. The van der Waals surface area contributed by atoms with Crippen molar-refractivity contribution in [1.29, 1.82) is 0 Å². The lowest BCUT2D eigenvalue weighted by Gasteiger charge is -2.32. The first kappa shape index (κ1) is 34.7. The molecule has 0 saturated carbocycles. The third-order valence-electron chi connectivity index (χ3n) is 7.10. The van der Waals surface area contributed by atoms with Crippen LogP contribution in [0.3, 0.4) is 0 Å². The van der Waals surface area contributed by atoms with Crippen LogP contribution in [-0.2, 0) is 32.6 Å². The number of unbranched alkanes of at least 4 members (excludes halogenated alkanes) is 1. The summed E-state index contributed by atoms with van der Waals surface area (Å²) in [5.74, 6) is -0.535. The number of nitrogens with zero attached hydrogens (tertiary/aromatic N) is 2. The summed E-state index contributed by atoms with van der Waals surface area (Å²) in [4.78, 5) is 29.1. The number of halogens is 3. The summed E-state index contributed by atoms with van der Waals surface area (Å²) in [5, 5.41) is 4.18. The highest BCUT2D eigenvalue weighted by Crippen LogP contribution is 2.29. The van der Waals surface area contributed by atoms with Gasteiger partial charge in [0.05, 0.1) is 22.0 Å². The summed E-state index contributed by atoms with van der Waals surface area (Å²) >= 11 is 18.7. The molecule has 0 aliphatic rings. The number of hydrogen-bond donors (Lipinski definition) is 1. The van der Waals surface area contributed by atoms with Crippen molar-refractivity contribution in [1.82, 2.24) is 10.2 Å². The van der Waals surface area contributed by atoms with Crippen molar-refractivity contribution in [3.05, 3.63) is 98.5 Å². The fourth-order valence-corrected chi connectivity index (χ4v) is 6.25. The summed E-state index contributed by atoms with van der Waals surface area (Å²) in [7, 11) is -3.66. The van der Waals surface area contributed by atoms with Gasteiger partial charge in [0.15, 0.2) is 0 Å². The van der Waals surface area contributed by atoms with Crippen LogP contribution < -0.4 is 9.62 Å². The van der Waals surface area contributed by atoms with E-state index in [0.29, 0.717) is 39.3 Å². The number of carbonyl (C=O) groups excluding carboxylic acids is 2. The van der Waals surface area contributed by atoms with Crippen molar-refractivity contribution < 1.29 is 18.0 Å². The molecule has 0 spiro atoms. The first-order valence-corrected chi connectivity index (χ1v) is 17.2. The first-order valence-electron chi connectivity index (χ1n) is 14.2. The maximum Gasteiger partial charge on any atom is 0.243 e. The van der Waals surface area contributed by atoms with Gasteiger partial charge in [-0.3, -0.25) is 13.9 Å². The molecule has 1 atom stereocenters. The number of rotatable bonds is 15. The van der Waals surface area contributed by atoms with E-state index in [1.165, 1.54) is 4.31 Å². The zero-order valence-corrected chi connectivity index (χ0v) is 27.7. The molecule has 0 radical (unpaired) electrons. The number of benzene rings is 3. The van der Waals surface area contributed by atoms with E-state index in [2.05, 4.69) is 5.32 Å². The maximum atomic E-state index is 14.0. The van der Waals surface area contributed by atoms with Crippen LogP contribution in [0.15, 0.2) is 66.7 Å². The molecule has 0 heterocycles. The fourth-order valence-electron chi connectivity index (χ4n) is 4.74. The molecule has 0 aromatic heterocycles. The Bertz CT molecular complexity index is 1500. The van der Waals surface area contributed by atoms with E-state index in [1.54, 1.807) is 48.2 Å². The molecular weight excluding hydrogens is 629 g/mol. The standard InChI is InChI=1S/C32H38Cl3N3O4S/c1-4-5-18-36-32(40)30(21-24-11-7-6-8-12-24)37(22-25-16-17-27(34)28(35)20-25)31(39)15-10-19-38(43(3,41)42)29-14-9-13-26(33)23(29)2/h6-9,11-14,16-17,20,30H,4-5,10,15,18-19,21-22H2,1-3H3,(H,36,40). The van der Waals surface area contributed by atoms with Gasteiger partial charge in [-0.05, 0) is 60.7 Å². The Labute approximate surface area is 270 Å².